The summed E-state index contributed by atoms with van der Waals surface area (Å²) in [6.45, 7) is 8.25. The van der Waals surface area contributed by atoms with Crippen LogP contribution in [0.3, 0.4) is 0 Å². The summed E-state index contributed by atoms with van der Waals surface area (Å²) in [6.07, 6.45) is 2.00. The Kier molecular flexibility index (Phi) is 6.39. The lowest BCUT2D eigenvalue weighted by Crippen LogP contribution is -2.40. The van der Waals surface area contributed by atoms with Gasteiger partial charge >= 0.3 is 0 Å². The molecule has 0 aromatic rings. The molecule has 0 saturated carbocycles. The summed E-state index contributed by atoms with van der Waals surface area (Å²) >= 11 is 3.38. The van der Waals surface area contributed by atoms with Gasteiger partial charge in [-0.2, -0.15) is 0 Å². The molecule has 1 N–H and O–H groups in total. The smallest absolute Gasteiger partial charge is 0.234 e. The number of nitrogens with one attached hydrogen (secondary N) is 1. The maximum Gasteiger partial charge on any atom is 0.234 e. The molecule has 2 nitrogen and oxygen atoms in total. The highest BCUT2D eigenvalue weighted by Crippen LogP contribution is 2.12. The molecule has 1 atom stereocenters. The van der Waals surface area contributed by atoms with Crippen LogP contribution in [-0.2, 0) is 4.79 Å². The first-order chi connectivity index (χ1) is 6.02. The van der Waals surface area contributed by atoms with Crippen LogP contribution in [0.1, 0.15) is 40.5 Å². The Labute approximate surface area is 89.6 Å². The van der Waals surface area contributed by atoms with Gasteiger partial charge in [0.15, 0.2) is 0 Å². The molecule has 0 bridgehead atoms. The third kappa shape index (κ3) is 4.65. The van der Waals surface area contributed by atoms with Gasteiger partial charge in [0.05, 0.1) is 4.83 Å². The average molecular weight is 250 g/mol. The number of hydrogen-bond donors (Lipinski definition) is 1. The minimum atomic E-state index is -0.0619. The standard InChI is InChI=1S/C10H20BrNO/c1-5-8(6-2)12-10(13)9(11)7(3)4/h7-9H,5-6H2,1-4H3,(H,12,13). The van der Waals surface area contributed by atoms with Crippen LogP contribution in [0.2, 0.25) is 0 Å². The number of halogens is 1. The van der Waals surface area contributed by atoms with Crippen LogP contribution in [0.25, 0.3) is 0 Å². The first kappa shape index (κ1) is 12.9. The van der Waals surface area contributed by atoms with Crippen LogP contribution in [0, 0.1) is 5.92 Å². The molecule has 0 aliphatic rings. The lowest BCUT2D eigenvalue weighted by atomic mass is 10.1. The van der Waals surface area contributed by atoms with Gasteiger partial charge in [-0.05, 0) is 18.8 Å². The fraction of sp³-hybridized carbons (Fsp3) is 0.900. The second-order valence-corrected chi connectivity index (χ2v) is 4.65. The monoisotopic (exact) mass is 249 g/mol. The number of carbonyl (C=O) groups excluding carboxylic acids is 1. The van der Waals surface area contributed by atoms with E-state index in [9.17, 15) is 4.79 Å². The van der Waals surface area contributed by atoms with E-state index in [0.29, 0.717) is 12.0 Å². The summed E-state index contributed by atoms with van der Waals surface area (Å²) in [6, 6.07) is 0.325. The fourth-order valence-electron chi connectivity index (χ4n) is 1.08. The Balaban J connectivity index is 3.98. The number of hydrogen-bond acceptors (Lipinski definition) is 1. The van der Waals surface area contributed by atoms with Crippen molar-refractivity contribution in [1.82, 2.24) is 5.32 Å². The molecule has 0 aromatic carbocycles. The van der Waals surface area contributed by atoms with Crippen LogP contribution >= 0.6 is 15.9 Å². The molecule has 0 spiro atoms. The molecule has 0 heterocycles. The molecule has 0 aliphatic heterocycles. The summed E-state index contributed by atoms with van der Waals surface area (Å²) in [7, 11) is 0. The van der Waals surface area contributed by atoms with Crippen molar-refractivity contribution in [3.63, 3.8) is 0 Å². The second kappa shape index (κ2) is 6.41. The van der Waals surface area contributed by atoms with Gasteiger partial charge in [0.2, 0.25) is 5.91 Å². The molecule has 0 aliphatic carbocycles. The zero-order chi connectivity index (χ0) is 10.4. The van der Waals surface area contributed by atoms with Gasteiger partial charge in [0.1, 0.15) is 0 Å². The third-order valence-electron chi connectivity index (χ3n) is 2.17. The molecular formula is C10H20BrNO. The lowest BCUT2D eigenvalue weighted by Gasteiger charge is -2.19. The first-order valence-corrected chi connectivity index (χ1v) is 5.88. The summed E-state index contributed by atoms with van der Waals surface area (Å²) in [5, 5.41) is 3.01. The van der Waals surface area contributed by atoms with E-state index < -0.39 is 0 Å². The van der Waals surface area contributed by atoms with Crippen LogP contribution in [0.4, 0.5) is 0 Å². The van der Waals surface area contributed by atoms with Crippen LogP contribution in [0.15, 0.2) is 0 Å². The van der Waals surface area contributed by atoms with Gasteiger partial charge in [-0.25, -0.2) is 0 Å². The summed E-state index contributed by atoms with van der Waals surface area (Å²) in [5.41, 5.74) is 0. The van der Waals surface area contributed by atoms with E-state index in [1.165, 1.54) is 0 Å². The largest absolute Gasteiger partial charge is 0.352 e. The molecule has 13 heavy (non-hydrogen) atoms. The van der Waals surface area contributed by atoms with Crippen molar-refractivity contribution >= 4 is 21.8 Å². The van der Waals surface area contributed by atoms with Crippen molar-refractivity contribution in [3.8, 4) is 0 Å². The van der Waals surface area contributed by atoms with Crippen molar-refractivity contribution in [2.75, 3.05) is 0 Å². The van der Waals surface area contributed by atoms with E-state index in [4.69, 9.17) is 0 Å². The maximum absolute atomic E-state index is 11.6. The van der Waals surface area contributed by atoms with Crippen molar-refractivity contribution < 1.29 is 4.79 Å². The van der Waals surface area contributed by atoms with Crippen molar-refractivity contribution in [3.05, 3.63) is 0 Å². The predicted octanol–water partition coefficient (Wildman–Crippen LogP) is 2.71. The van der Waals surface area contributed by atoms with E-state index in [1.54, 1.807) is 0 Å². The minimum Gasteiger partial charge on any atom is -0.352 e. The summed E-state index contributed by atoms with van der Waals surface area (Å²) in [4.78, 5) is 11.5. The summed E-state index contributed by atoms with van der Waals surface area (Å²) in [5.74, 6) is 0.457. The van der Waals surface area contributed by atoms with Gasteiger partial charge in [-0.3, -0.25) is 4.79 Å². The highest BCUT2D eigenvalue weighted by atomic mass is 79.9. The third-order valence-corrected chi connectivity index (χ3v) is 3.64. The second-order valence-electron chi connectivity index (χ2n) is 3.67. The van der Waals surface area contributed by atoms with E-state index in [2.05, 4.69) is 35.1 Å². The molecule has 0 fully saturated rings. The molecule has 0 saturated heterocycles. The first-order valence-electron chi connectivity index (χ1n) is 4.97. The fourth-order valence-corrected chi connectivity index (χ4v) is 1.21. The lowest BCUT2D eigenvalue weighted by molar-refractivity contribution is -0.121. The molecule has 3 heteroatoms. The number of amides is 1. The van der Waals surface area contributed by atoms with E-state index in [1.807, 2.05) is 13.8 Å². The molecule has 78 valence electrons. The van der Waals surface area contributed by atoms with Gasteiger partial charge in [0.25, 0.3) is 0 Å². The Morgan fingerprint density at radius 3 is 2.08 bits per heavy atom. The molecule has 1 amide bonds. The zero-order valence-corrected chi connectivity index (χ0v) is 10.5. The Bertz CT molecular complexity index is 155. The molecule has 0 radical (unpaired) electrons. The predicted molar refractivity (Wildman–Crippen MR) is 60.1 cm³/mol. The van der Waals surface area contributed by atoms with Gasteiger partial charge in [-0.1, -0.05) is 43.6 Å². The Morgan fingerprint density at radius 2 is 1.77 bits per heavy atom. The minimum absolute atomic E-state index is 0.0619. The molecule has 0 aromatic heterocycles. The van der Waals surface area contributed by atoms with E-state index >= 15 is 0 Å². The van der Waals surface area contributed by atoms with E-state index in [0.717, 1.165) is 12.8 Å². The maximum atomic E-state index is 11.6. The Hall–Kier alpha value is -0.0500. The molecule has 1 unspecified atom stereocenters. The molecular weight excluding hydrogens is 230 g/mol. The van der Waals surface area contributed by atoms with Crippen LogP contribution in [-0.4, -0.2) is 16.8 Å². The van der Waals surface area contributed by atoms with Crippen LogP contribution in [0.5, 0.6) is 0 Å². The highest BCUT2D eigenvalue weighted by Gasteiger charge is 2.19. The van der Waals surface area contributed by atoms with Gasteiger partial charge in [0, 0.05) is 6.04 Å². The quantitative estimate of drug-likeness (QED) is 0.747. The number of carbonyl (C=O) groups is 1. The number of alkyl halides is 1. The average Bonchev–Trinajstić information content (AvgIpc) is 2.12. The zero-order valence-electron chi connectivity index (χ0n) is 8.93. The van der Waals surface area contributed by atoms with Crippen LogP contribution < -0.4 is 5.32 Å². The molecule has 0 rings (SSSR count). The highest BCUT2D eigenvalue weighted by molar-refractivity contribution is 9.10. The van der Waals surface area contributed by atoms with Crippen molar-refractivity contribution in [1.29, 1.82) is 0 Å². The Morgan fingerprint density at radius 1 is 1.31 bits per heavy atom. The topological polar surface area (TPSA) is 29.1 Å². The van der Waals surface area contributed by atoms with Crippen molar-refractivity contribution in [2.45, 2.75) is 51.4 Å². The van der Waals surface area contributed by atoms with Gasteiger partial charge < -0.3 is 5.32 Å². The van der Waals surface area contributed by atoms with Crippen molar-refractivity contribution in [2.24, 2.45) is 5.92 Å². The number of rotatable bonds is 5. The SMILES string of the molecule is CCC(CC)NC(=O)C(Br)C(C)C. The normalized spacial score (nSPS) is 13.5. The van der Waals surface area contributed by atoms with Gasteiger partial charge in [-0.15, -0.1) is 0 Å². The van der Waals surface area contributed by atoms with E-state index in [-0.39, 0.29) is 10.7 Å². The summed E-state index contributed by atoms with van der Waals surface area (Å²) < 4.78 is 0.